The van der Waals surface area contributed by atoms with E-state index in [9.17, 15) is 0 Å². The van der Waals surface area contributed by atoms with Crippen LogP contribution in [0.5, 0.6) is 5.75 Å². The Bertz CT molecular complexity index is 887. The van der Waals surface area contributed by atoms with E-state index in [-0.39, 0.29) is 0 Å². The summed E-state index contributed by atoms with van der Waals surface area (Å²) >= 11 is 1.70. The van der Waals surface area contributed by atoms with Gasteiger partial charge in [0.05, 0.1) is 11.3 Å². The molecule has 28 heavy (non-hydrogen) atoms. The van der Waals surface area contributed by atoms with Crippen molar-refractivity contribution in [3.05, 3.63) is 65.2 Å². The molecule has 0 fully saturated rings. The fourth-order valence-electron chi connectivity index (χ4n) is 2.75. The Labute approximate surface area is 171 Å². The van der Waals surface area contributed by atoms with E-state index < -0.39 is 0 Å². The van der Waals surface area contributed by atoms with Gasteiger partial charge < -0.3 is 9.26 Å². The Hall–Kier alpha value is -2.47. The third kappa shape index (κ3) is 5.29. The van der Waals surface area contributed by atoms with Crippen LogP contribution < -0.4 is 9.04 Å². The largest absolute Gasteiger partial charge is 0.489 e. The van der Waals surface area contributed by atoms with Gasteiger partial charge in [-0.25, -0.2) is 4.98 Å². The van der Waals surface area contributed by atoms with Crippen molar-refractivity contribution in [2.75, 3.05) is 10.8 Å². The Morgan fingerprint density at radius 3 is 2.46 bits per heavy atom. The molecule has 0 spiro atoms. The zero-order valence-corrected chi connectivity index (χ0v) is 17.9. The Balaban J connectivity index is 1.67. The number of ether oxygens (including phenoxy) is 1. The molecule has 0 saturated heterocycles. The van der Waals surface area contributed by atoms with Crippen molar-refractivity contribution >= 4 is 17.8 Å². The zero-order valence-electron chi connectivity index (χ0n) is 17.1. The van der Waals surface area contributed by atoms with E-state index in [0.29, 0.717) is 12.5 Å². The van der Waals surface area contributed by atoms with Gasteiger partial charge in [-0.1, -0.05) is 19.0 Å². The third-order valence-electron chi connectivity index (χ3n) is 4.29. The predicted molar refractivity (Wildman–Crippen MR) is 114 cm³/mol. The number of aryl methyl sites for hydroxylation is 3. The topological polar surface area (TPSA) is 51.4 Å². The maximum absolute atomic E-state index is 5.90. The van der Waals surface area contributed by atoms with Gasteiger partial charge in [-0.2, -0.15) is 0 Å². The van der Waals surface area contributed by atoms with Crippen LogP contribution in [-0.4, -0.2) is 16.7 Å². The van der Waals surface area contributed by atoms with Gasteiger partial charge in [0.1, 0.15) is 23.9 Å². The molecule has 0 aliphatic carbocycles. The normalized spacial score (nSPS) is 11.1. The third-order valence-corrected chi connectivity index (χ3v) is 5.33. The highest BCUT2D eigenvalue weighted by Crippen LogP contribution is 2.30. The number of anilines is 1. The fourth-order valence-corrected chi connectivity index (χ4v) is 3.83. The number of hydrogen-bond acceptors (Lipinski definition) is 6. The van der Waals surface area contributed by atoms with E-state index in [1.807, 2.05) is 38.2 Å². The van der Waals surface area contributed by atoms with Gasteiger partial charge in [0.2, 0.25) is 0 Å². The van der Waals surface area contributed by atoms with Gasteiger partial charge in [0.15, 0.2) is 0 Å². The zero-order chi connectivity index (χ0) is 20.1. The van der Waals surface area contributed by atoms with Gasteiger partial charge >= 0.3 is 0 Å². The first kappa shape index (κ1) is 20.3. The molecule has 3 aromatic rings. The number of pyridine rings is 1. The SMILES string of the molecule is Cc1ccnc(N(CC(C)C)Sc2ccc(OCc3c(C)noc3C)cc2)c1. The summed E-state index contributed by atoms with van der Waals surface area (Å²) < 4.78 is 13.3. The molecule has 0 aliphatic heterocycles. The lowest BCUT2D eigenvalue weighted by atomic mass is 10.2. The lowest BCUT2D eigenvalue weighted by Crippen LogP contribution is -2.21. The highest BCUT2D eigenvalue weighted by molar-refractivity contribution is 8.00. The summed E-state index contributed by atoms with van der Waals surface area (Å²) in [4.78, 5) is 5.69. The minimum Gasteiger partial charge on any atom is -0.489 e. The summed E-state index contributed by atoms with van der Waals surface area (Å²) in [6.45, 7) is 11.7. The molecular weight excluding hydrogens is 370 g/mol. The van der Waals surface area contributed by atoms with Gasteiger partial charge in [0, 0.05) is 17.6 Å². The number of aromatic nitrogens is 2. The van der Waals surface area contributed by atoms with E-state index in [4.69, 9.17) is 9.26 Å². The smallest absolute Gasteiger partial charge is 0.140 e. The maximum Gasteiger partial charge on any atom is 0.140 e. The van der Waals surface area contributed by atoms with Crippen molar-refractivity contribution in [1.29, 1.82) is 0 Å². The van der Waals surface area contributed by atoms with Gasteiger partial charge in [-0.3, -0.25) is 4.31 Å². The quantitative estimate of drug-likeness (QED) is 0.452. The Morgan fingerprint density at radius 1 is 1.11 bits per heavy atom. The van der Waals surface area contributed by atoms with E-state index >= 15 is 0 Å². The standard InChI is InChI=1S/C22H27N3O2S/c1-15(2)13-25(22-12-16(3)10-11-23-22)28-20-8-6-19(7-9-20)26-14-21-17(4)24-27-18(21)5/h6-12,15H,13-14H2,1-5H3. The average Bonchev–Trinajstić information content (AvgIpc) is 2.98. The second-order valence-corrected chi connectivity index (χ2v) is 8.40. The summed E-state index contributed by atoms with van der Waals surface area (Å²) in [5.74, 6) is 3.15. The monoisotopic (exact) mass is 397 g/mol. The van der Waals surface area contributed by atoms with Crippen LogP contribution in [0, 0.1) is 26.7 Å². The summed E-state index contributed by atoms with van der Waals surface area (Å²) in [5.41, 5.74) is 3.09. The van der Waals surface area contributed by atoms with Gasteiger partial charge in [0.25, 0.3) is 0 Å². The fraction of sp³-hybridized carbons (Fsp3) is 0.364. The first-order valence-corrected chi connectivity index (χ1v) is 10.2. The molecule has 148 valence electrons. The van der Waals surface area contributed by atoms with Crippen molar-refractivity contribution in [1.82, 2.24) is 10.1 Å². The average molecular weight is 398 g/mol. The minimum atomic E-state index is 0.459. The van der Waals surface area contributed by atoms with E-state index in [1.54, 1.807) is 11.9 Å². The van der Waals surface area contributed by atoms with Crippen LogP contribution in [0.1, 0.15) is 36.4 Å². The molecule has 0 unspecified atom stereocenters. The lowest BCUT2D eigenvalue weighted by Gasteiger charge is -2.24. The van der Waals surface area contributed by atoms with E-state index in [0.717, 1.165) is 40.0 Å². The van der Waals surface area contributed by atoms with Crippen LogP contribution >= 0.6 is 11.9 Å². The maximum atomic E-state index is 5.90. The number of hydrogen-bond donors (Lipinski definition) is 0. The van der Waals surface area contributed by atoms with Crippen LogP contribution in [0.3, 0.4) is 0 Å². The van der Waals surface area contributed by atoms with Crippen molar-refractivity contribution in [2.24, 2.45) is 5.92 Å². The molecule has 3 rings (SSSR count). The van der Waals surface area contributed by atoms with Crippen molar-refractivity contribution < 1.29 is 9.26 Å². The first-order valence-electron chi connectivity index (χ1n) is 9.45. The Kier molecular flexibility index (Phi) is 6.62. The summed E-state index contributed by atoms with van der Waals surface area (Å²) in [6.07, 6.45) is 1.87. The molecule has 1 aromatic carbocycles. The number of nitrogens with zero attached hydrogens (tertiary/aromatic N) is 3. The summed E-state index contributed by atoms with van der Waals surface area (Å²) in [6, 6.07) is 12.3. The van der Waals surface area contributed by atoms with Gasteiger partial charge in [-0.05, 0) is 80.6 Å². The molecular formula is C22H27N3O2S. The molecule has 0 radical (unpaired) electrons. The van der Waals surface area contributed by atoms with E-state index in [1.165, 1.54) is 5.56 Å². The van der Waals surface area contributed by atoms with Crippen molar-refractivity contribution in [3.8, 4) is 5.75 Å². The second-order valence-electron chi connectivity index (χ2n) is 7.30. The highest BCUT2D eigenvalue weighted by Gasteiger charge is 2.13. The number of rotatable bonds is 8. The first-order chi connectivity index (χ1) is 13.4. The molecule has 5 nitrogen and oxygen atoms in total. The molecule has 0 amide bonds. The number of benzene rings is 1. The minimum absolute atomic E-state index is 0.459. The molecule has 0 N–H and O–H groups in total. The predicted octanol–water partition coefficient (Wildman–Crippen LogP) is 5.74. The molecule has 6 heteroatoms. The van der Waals surface area contributed by atoms with Crippen LogP contribution in [0.4, 0.5) is 5.82 Å². The molecule has 0 saturated carbocycles. The molecule has 0 atom stereocenters. The van der Waals surface area contributed by atoms with Crippen molar-refractivity contribution in [2.45, 2.75) is 46.1 Å². The van der Waals surface area contributed by atoms with Crippen molar-refractivity contribution in [3.63, 3.8) is 0 Å². The molecule has 0 bridgehead atoms. The van der Waals surface area contributed by atoms with Crippen LogP contribution in [0.2, 0.25) is 0 Å². The summed E-state index contributed by atoms with van der Waals surface area (Å²) in [7, 11) is 0. The molecule has 2 heterocycles. The van der Waals surface area contributed by atoms with Crippen LogP contribution in [0.15, 0.2) is 52.0 Å². The summed E-state index contributed by atoms with van der Waals surface area (Å²) in [5, 5.41) is 3.96. The Morgan fingerprint density at radius 2 is 1.86 bits per heavy atom. The second kappa shape index (κ2) is 9.15. The van der Waals surface area contributed by atoms with E-state index in [2.05, 4.69) is 53.4 Å². The van der Waals surface area contributed by atoms with Crippen LogP contribution in [0.25, 0.3) is 0 Å². The van der Waals surface area contributed by atoms with Crippen LogP contribution in [-0.2, 0) is 6.61 Å². The highest BCUT2D eigenvalue weighted by atomic mass is 32.2. The van der Waals surface area contributed by atoms with Gasteiger partial charge in [-0.15, -0.1) is 0 Å². The lowest BCUT2D eigenvalue weighted by molar-refractivity contribution is 0.301. The molecule has 0 aliphatic rings. The molecule has 2 aromatic heterocycles.